The number of benzene rings is 1. The van der Waals surface area contributed by atoms with Gasteiger partial charge in [0.25, 0.3) is 0 Å². The molecule has 0 aromatic heterocycles. The largest absolute Gasteiger partial charge is 0.320 e. The predicted octanol–water partition coefficient (Wildman–Crippen LogP) is 1.27. The molecular weight excluding hydrogens is 253 g/mol. The summed E-state index contributed by atoms with van der Waals surface area (Å²) in [7, 11) is 0. The fourth-order valence-corrected chi connectivity index (χ4v) is 2.49. The van der Waals surface area contributed by atoms with E-state index in [9.17, 15) is 4.39 Å². The molecule has 1 fully saturated rings. The Morgan fingerprint density at radius 3 is 2.50 bits per heavy atom. The van der Waals surface area contributed by atoms with E-state index in [4.69, 9.17) is 5.73 Å². The first-order valence-corrected chi connectivity index (χ1v) is 7.14. The van der Waals surface area contributed by atoms with E-state index in [1.165, 1.54) is 6.07 Å². The second-order valence-electron chi connectivity index (χ2n) is 5.06. The molecular formula is C16H22FN3. The van der Waals surface area contributed by atoms with Crippen molar-refractivity contribution >= 4 is 0 Å². The predicted molar refractivity (Wildman–Crippen MR) is 79.7 cm³/mol. The molecule has 1 aromatic carbocycles. The fraction of sp³-hybridized carbons (Fsp3) is 0.500. The van der Waals surface area contributed by atoms with Gasteiger partial charge in [-0.2, -0.15) is 0 Å². The van der Waals surface area contributed by atoms with Crippen LogP contribution >= 0.6 is 0 Å². The monoisotopic (exact) mass is 275 g/mol. The Kier molecular flexibility index (Phi) is 5.54. The number of hydrogen-bond acceptors (Lipinski definition) is 3. The fourth-order valence-electron chi connectivity index (χ4n) is 2.49. The molecule has 1 aromatic rings. The Bertz CT molecular complexity index is 496. The average molecular weight is 275 g/mol. The number of hydrogen-bond donors (Lipinski definition) is 1. The SMILES string of the molecule is CCN1CCN(Cc2cc(F)cc(C#CCN)c2)CC1. The first-order chi connectivity index (χ1) is 9.71. The smallest absolute Gasteiger partial charge is 0.124 e. The number of piperazine rings is 1. The van der Waals surface area contributed by atoms with Gasteiger partial charge in [0.2, 0.25) is 0 Å². The van der Waals surface area contributed by atoms with Crippen molar-refractivity contribution in [2.24, 2.45) is 5.73 Å². The molecule has 3 nitrogen and oxygen atoms in total. The zero-order chi connectivity index (χ0) is 14.4. The van der Waals surface area contributed by atoms with Crippen LogP contribution in [0.3, 0.4) is 0 Å². The lowest BCUT2D eigenvalue weighted by Gasteiger charge is -2.34. The summed E-state index contributed by atoms with van der Waals surface area (Å²) >= 11 is 0. The molecule has 1 aliphatic heterocycles. The summed E-state index contributed by atoms with van der Waals surface area (Å²) in [6, 6.07) is 5.01. The number of halogens is 1. The zero-order valence-corrected chi connectivity index (χ0v) is 12.0. The van der Waals surface area contributed by atoms with Gasteiger partial charge < -0.3 is 10.6 Å². The van der Waals surface area contributed by atoms with Gasteiger partial charge in [0.15, 0.2) is 0 Å². The van der Waals surface area contributed by atoms with Crippen LogP contribution in [0.4, 0.5) is 4.39 Å². The Hall–Kier alpha value is -1.41. The minimum absolute atomic E-state index is 0.226. The summed E-state index contributed by atoms with van der Waals surface area (Å²) in [6.45, 7) is 8.62. The van der Waals surface area contributed by atoms with Crippen molar-refractivity contribution in [3.8, 4) is 11.8 Å². The molecule has 0 bridgehead atoms. The maximum Gasteiger partial charge on any atom is 0.124 e. The molecule has 0 saturated carbocycles. The van der Waals surface area contributed by atoms with Crippen LogP contribution in [-0.4, -0.2) is 49.1 Å². The average Bonchev–Trinajstić information content (AvgIpc) is 2.45. The van der Waals surface area contributed by atoms with Crippen LogP contribution in [0.5, 0.6) is 0 Å². The first kappa shape index (κ1) is 15.0. The highest BCUT2D eigenvalue weighted by Crippen LogP contribution is 2.12. The Morgan fingerprint density at radius 2 is 1.85 bits per heavy atom. The van der Waals surface area contributed by atoms with Crippen LogP contribution in [0.2, 0.25) is 0 Å². The number of nitrogens with two attached hydrogens (primary N) is 1. The standard InChI is InChI=1S/C16H22FN3/c1-2-19-6-8-20(9-7-19)13-15-10-14(4-3-5-18)11-16(17)12-15/h10-12H,2,5-9,13,18H2,1H3. The minimum atomic E-state index is -0.226. The molecule has 1 heterocycles. The van der Waals surface area contributed by atoms with Gasteiger partial charge in [-0.05, 0) is 30.3 Å². The Labute approximate surface area is 120 Å². The van der Waals surface area contributed by atoms with E-state index in [1.54, 1.807) is 6.07 Å². The van der Waals surface area contributed by atoms with Crippen LogP contribution in [0.15, 0.2) is 18.2 Å². The summed E-state index contributed by atoms with van der Waals surface area (Å²) < 4.78 is 13.6. The van der Waals surface area contributed by atoms with Gasteiger partial charge in [-0.25, -0.2) is 4.39 Å². The summed E-state index contributed by atoms with van der Waals surface area (Å²) in [5.74, 6) is 5.44. The maximum atomic E-state index is 13.6. The van der Waals surface area contributed by atoms with Crippen molar-refractivity contribution in [3.63, 3.8) is 0 Å². The van der Waals surface area contributed by atoms with Crippen molar-refractivity contribution in [1.29, 1.82) is 0 Å². The molecule has 0 atom stereocenters. The number of rotatable bonds is 3. The van der Waals surface area contributed by atoms with E-state index in [1.807, 2.05) is 6.07 Å². The second-order valence-corrected chi connectivity index (χ2v) is 5.06. The van der Waals surface area contributed by atoms with Gasteiger partial charge in [-0.1, -0.05) is 18.8 Å². The molecule has 20 heavy (non-hydrogen) atoms. The van der Waals surface area contributed by atoms with Crippen LogP contribution < -0.4 is 5.73 Å². The van der Waals surface area contributed by atoms with E-state index in [2.05, 4.69) is 28.6 Å². The number of likely N-dealkylation sites (N-methyl/N-ethyl adjacent to an activating group) is 1. The Balaban J connectivity index is 2.00. The Morgan fingerprint density at radius 1 is 1.15 bits per heavy atom. The van der Waals surface area contributed by atoms with E-state index in [-0.39, 0.29) is 5.82 Å². The number of nitrogens with zero attached hydrogens (tertiary/aromatic N) is 2. The lowest BCUT2D eigenvalue weighted by Crippen LogP contribution is -2.45. The summed E-state index contributed by atoms with van der Waals surface area (Å²) in [5, 5.41) is 0. The van der Waals surface area contributed by atoms with Gasteiger partial charge in [-0.3, -0.25) is 4.90 Å². The molecule has 1 aliphatic rings. The maximum absolute atomic E-state index is 13.6. The molecule has 108 valence electrons. The van der Waals surface area contributed by atoms with Gasteiger partial charge in [-0.15, -0.1) is 0 Å². The van der Waals surface area contributed by atoms with Gasteiger partial charge >= 0.3 is 0 Å². The molecule has 0 aliphatic carbocycles. The van der Waals surface area contributed by atoms with Crippen LogP contribution in [0.1, 0.15) is 18.1 Å². The summed E-state index contributed by atoms with van der Waals surface area (Å²) in [6.07, 6.45) is 0. The zero-order valence-electron chi connectivity index (χ0n) is 12.0. The molecule has 0 radical (unpaired) electrons. The quantitative estimate of drug-likeness (QED) is 0.843. The highest BCUT2D eigenvalue weighted by molar-refractivity contribution is 5.38. The molecule has 0 amide bonds. The van der Waals surface area contributed by atoms with Gasteiger partial charge in [0, 0.05) is 38.3 Å². The minimum Gasteiger partial charge on any atom is -0.320 e. The summed E-state index contributed by atoms with van der Waals surface area (Å²) in [4.78, 5) is 4.79. The highest BCUT2D eigenvalue weighted by Gasteiger charge is 2.15. The van der Waals surface area contributed by atoms with Crippen molar-refractivity contribution < 1.29 is 4.39 Å². The second kappa shape index (κ2) is 7.39. The molecule has 2 rings (SSSR count). The van der Waals surface area contributed by atoms with Crippen molar-refractivity contribution in [1.82, 2.24) is 9.80 Å². The molecule has 2 N–H and O–H groups in total. The third-order valence-electron chi connectivity index (χ3n) is 3.61. The third kappa shape index (κ3) is 4.31. The lowest BCUT2D eigenvalue weighted by atomic mass is 10.1. The molecule has 1 saturated heterocycles. The van der Waals surface area contributed by atoms with Crippen molar-refractivity contribution in [2.45, 2.75) is 13.5 Å². The summed E-state index contributed by atoms with van der Waals surface area (Å²) in [5.41, 5.74) is 7.04. The van der Waals surface area contributed by atoms with E-state index in [0.717, 1.165) is 44.8 Å². The van der Waals surface area contributed by atoms with Crippen LogP contribution in [0.25, 0.3) is 0 Å². The van der Waals surface area contributed by atoms with E-state index >= 15 is 0 Å². The topological polar surface area (TPSA) is 32.5 Å². The lowest BCUT2D eigenvalue weighted by molar-refractivity contribution is 0.132. The molecule has 0 unspecified atom stereocenters. The van der Waals surface area contributed by atoms with Crippen molar-refractivity contribution in [3.05, 3.63) is 35.1 Å². The first-order valence-electron chi connectivity index (χ1n) is 7.14. The van der Waals surface area contributed by atoms with Crippen LogP contribution in [0, 0.1) is 17.7 Å². The molecule has 0 spiro atoms. The van der Waals surface area contributed by atoms with Crippen molar-refractivity contribution in [2.75, 3.05) is 39.3 Å². The van der Waals surface area contributed by atoms with E-state index < -0.39 is 0 Å². The van der Waals surface area contributed by atoms with E-state index in [0.29, 0.717) is 12.1 Å². The normalized spacial score (nSPS) is 16.8. The third-order valence-corrected chi connectivity index (χ3v) is 3.61. The van der Waals surface area contributed by atoms with Gasteiger partial charge in [0.1, 0.15) is 5.82 Å². The van der Waals surface area contributed by atoms with Gasteiger partial charge in [0.05, 0.1) is 6.54 Å². The van der Waals surface area contributed by atoms with Crippen LogP contribution in [-0.2, 0) is 6.54 Å². The molecule has 4 heteroatoms. The highest BCUT2D eigenvalue weighted by atomic mass is 19.1.